The first-order chi connectivity index (χ1) is 10.1. The number of fused-ring (bicyclic) bond motifs is 1. The maximum atomic E-state index is 12.5. The van der Waals surface area contributed by atoms with Crippen molar-refractivity contribution in [2.45, 2.75) is 51.1 Å². The van der Waals surface area contributed by atoms with Crippen molar-refractivity contribution in [3.05, 3.63) is 24.4 Å². The molecule has 0 unspecified atom stereocenters. The molecule has 1 aliphatic carbocycles. The first-order valence-corrected chi connectivity index (χ1v) is 7.68. The largest absolute Gasteiger partial charge is 0.324 e. The summed E-state index contributed by atoms with van der Waals surface area (Å²) in [6, 6.07) is 5.86. The van der Waals surface area contributed by atoms with Crippen molar-refractivity contribution in [1.29, 1.82) is 0 Å². The number of anilines is 1. The normalized spacial score (nSPS) is 17.8. The summed E-state index contributed by atoms with van der Waals surface area (Å²) in [7, 11) is 0. The van der Waals surface area contributed by atoms with Crippen LogP contribution in [0.2, 0.25) is 0 Å². The average molecular weight is 286 g/mol. The zero-order valence-corrected chi connectivity index (χ0v) is 12.4. The van der Waals surface area contributed by atoms with Crippen LogP contribution in [0, 0.1) is 0 Å². The Morgan fingerprint density at radius 3 is 2.86 bits per heavy atom. The number of nitrogens with zero attached hydrogens (tertiary/aromatic N) is 2. The standard InChI is InChI=1S/C16H22N4O/c1-2-20-14-10-13(7-6-12(14)11-18-20)19-15(21)16(17)8-4-3-5-9-16/h6-7,10-11H,2-5,8-9,17H2,1H3,(H,19,21). The van der Waals surface area contributed by atoms with E-state index in [9.17, 15) is 4.79 Å². The van der Waals surface area contributed by atoms with E-state index in [0.29, 0.717) is 0 Å². The van der Waals surface area contributed by atoms with Gasteiger partial charge in [0.15, 0.2) is 0 Å². The molecular weight excluding hydrogens is 264 g/mol. The van der Waals surface area contributed by atoms with Crippen molar-refractivity contribution in [2.75, 3.05) is 5.32 Å². The summed E-state index contributed by atoms with van der Waals surface area (Å²) >= 11 is 0. The summed E-state index contributed by atoms with van der Waals surface area (Å²) in [4.78, 5) is 12.5. The quantitative estimate of drug-likeness (QED) is 0.911. The number of amides is 1. The third kappa shape index (κ3) is 2.65. The molecule has 2 aromatic rings. The summed E-state index contributed by atoms with van der Waals surface area (Å²) in [5.41, 5.74) is 7.38. The van der Waals surface area contributed by atoms with Gasteiger partial charge in [-0.3, -0.25) is 9.48 Å². The van der Waals surface area contributed by atoms with E-state index in [-0.39, 0.29) is 5.91 Å². The van der Waals surface area contributed by atoms with Gasteiger partial charge >= 0.3 is 0 Å². The number of benzene rings is 1. The molecule has 21 heavy (non-hydrogen) atoms. The Hall–Kier alpha value is -1.88. The molecule has 1 heterocycles. The number of aromatic nitrogens is 2. The fourth-order valence-corrected chi connectivity index (χ4v) is 3.07. The van der Waals surface area contributed by atoms with Gasteiger partial charge in [-0.1, -0.05) is 19.3 Å². The maximum Gasteiger partial charge on any atom is 0.244 e. The Labute approximate surface area is 124 Å². The van der Waals surface area contributed by atoms with E-state index in [2.05, 4.69) is 17.3 Å². The lowest BCUT2D eigenvalue weighted by molar-refractivity contribution is -0.122. The lowest BCUT2D eigenvalue weighted by atomic mass is 9.82. The lowest BCUT2D eigenvalue weighted by Gasteiger charge is -2.31. The number of nitrogens with one attached hydrogen (secondary N) is 1. The van der Waals surface area contributed by atoms with E-state index >= 15 is 0 Å². The van der Waals surface area contributed by atoms with Crippen molar-refractivity contribution in [3.8, 4) is 0 Å². The van der Waals surface area contributed by atoms with Gasteiger partial charge in [-0.15, -0.1) is 0 Å². The van der Waals surface area contributed by atoms with Crippen LogP contribution in [0.4, 0.5) is 5.69 Å². The van der Waals surface area contributed by atoms with Gasteiger partial charge in [0.2, 0.25) is 5.91 Å². The summed E-state index contributed by atoms with van der Waals surface area (Å²) in [6.45, 7) is 2.86. The number of hydrogen-bond donors (Lipinski definition) is 2. The third-order valence-electron chi connectivity index (χ3n) is 4.40. The van der Waals surface area contributed by atoms with E-state index in [0.717, 1.165) is 48.8 Å². The van der Waals surface area contributed by atoms with Crippen LogP contribution in [-0.4, -0.2) is 21.2 Å². The highest BCUT2D eigenvalue weighted by atomic mass is 16.2. The molecule has 0 saturated heterocycles. The van der Waals surface area contributed by atoms with Crippen LogP contribution in [0.15, 0.2) is 24.4 Å². The van der Waals surface area contributed by atoms with E-state index in [4.69, 9.17) is 5.73 Å². The number of carbonyl (C=O) groups excluding carboxylic acids is 1. The molecule has 1 amide bonds. The minimum absolute atomic E-state index is 0.0656. The molecule has 1 saturated carbocycles. The number of carbonyl (C=O) groups is 1. The molecule has 0 radical (unpaired) electrons. The van der Waals surface area contributed by atoms with E-state index < -0.39 is 5.54 Å². The van der Waals surface area contributed by atoms with Crippen LogP contribution in [0.25, 0.3) is 10.9 Å². The molecule has 1 aromatic heterocycles. The molecule has 5 nitrogen and oxygen atoms in total. The smallest absolute Gasteiger partial charge is 0.244 e. The Balaban J connectivity index is 1.82. The molecule has 0 spiro atoms. The molecule has 0 aliphatic heterocycles. The second-order valence-electron chi connectivity index (χ2n) is 5.90. The summed E-state index contributed by atoms with van der Waals surface area (Å²) < 4.78 is 1.92. The highest BCUT2D eigenvalue weighted by Crippen LogP contribution is 2.28. The van der Waals surface area contributed by atoms with Gasteiger partial charge in [0.1, 0.15) is 0 Å². The SMILES string of the molecule is CCn1ncc2ccc(NC(=O)C3(N)CCCCC3)cc21. The minimum Gasteiger partial charge on any atom is -0.324 e. The Bertz CT molecular complexity index is 655. The van der Waals surface area contributed by atoms with Crippen LogP contribution in [0.3, 0.4) is 0 Å². The van der Waals surface area contributed by atoms with Crippen LogP contribution >= 0.6 is 0 Å². The van der Waals surface area contributed by atoms with Gasteiger partial charge in [0.05, 0.1) is 17.3 Å². The highest BCUT2D eigenvalue weighted by molar-refractivity contribution is 5.99. The summed E-state index contributed by atoms with van der Waals surface area (Å²) in [5, 5.41) is 8.38. The van der Waals surface area contributed by atoms with Gasteiger partial charge in [-0.25, -0.2) is 0 Å². The Morgan fingerprint density at radius 2 is 2.14 bits per heavy atom. The molecule has 112 valence electrons. The van der Waals surface area contributed by atoms with Crippen molar-refractivity contribution < 1.29 is 4.79 Å². The van der Waals surface area contributed by atoms with Crippen LogP contribution in [0.5, 0.6) is 0 Å². The van der Waals surface area contributed by atoms with Crippen molar-refractivity contribution in [2.24, 2.45) is 5.73 Å². The molecule has 0 atom stereocenters. The van der Waals surface area contributed by atoms with E-state index in [1.807, 2.05) is 29.1 Å². The zero-order valence-electron chi connectivity index (χ0n) is 12.4. The van der Waals surface area contributed by atoms with Gasteiger partial charge in [-0.05, 0) is 38.0 Å². The topological polar surface area (TPSA) is 72.9 Å². The van der Waals surface area contributed by atoms with Crippen LogP contribution in [0.1, 0.15) is 39.0 Å². The zero-order chi connectivity index (χ0) is 14.9. The fraction of sp³-hybridized carbons (Fsp3) is 0.500. The molecule has 1 fully saturated rings. The number of hydrogen-bond acceptors (Lipinski definition) is 3. The fourth-order valence-electron chi connectivity index (χ4n) is 3.07. The van der Waals surface area contributed by atoms with Crippen molar-refractivity contribution >= 4 is 22.5 Å². The van der Waals surface area contributed by atoms with Crippen LogP contribution in [-0.2, 0) is 11.3 Å². The van der Waals surface area contributed by atoms with Crippen molar-refractivity contribution in [3.63, 3.8) is 0 Å². The van der Waals surface area contributed by atoms with E-state index in [1.54, 1.807) is 0 Å². The molecule has 3 N–H and O–H groups in total. The third-order valence-corrected chi connectivity index (χ3v) is 4.40. The molecule has 3 rings (SSSR count). The van der Waals surface area contributed by atoms with Gasteiger partial charge < -0.3 is 11.1 Å². The van der Waals surface area contributed by atoms with Crippen LogP contribution < -0.4 is 11.1 Å². The lowest BCUT2D eigenvalue weighted by Crippen LogP contribution is -2.52. The maximum absolute atomic E-state index is 12.5. The van der Waals surface area contributed by atoms with Crippen molar-refractivity contribution in [1.82, 2.24) is 9.78 Å². The first-order valence-electron chi connectivity index (χ1n) is 7.68. The van der Waals surface area contributed by atoms with Gasteiger partial charge in [0, 0.05) is 17.6 Å². The predicted octanol–water partition coefficient (Wildman–Crippen LogP) is 2.66. The molecule has 1 aromatic carbocycles. The molecule has 0 bridgehead atoms. The average Bonchev–Trinajstić information content (AvgIpc) is 2.90. The first kappa shape index (κ1) is 14.1. The number of rotatable bonds is 3. The summed E-state index contributed by atoms with van der Waals surface area (Å²) in [5.74, 6) is -0.0656. The minimum atomic E-state index is -0.710. The predicted molar refractivity (Wildman–Crippen MR) is 84.0 cm³/mol. The number of nitrogens with two attached hydrogens (primary N) is 1. The Kier molecular flexibility index (Phi) is 3.68. The van der Waals surface area contributed by atoms with Gasteiger partial charge in [0.25, 0.3) is 0 Å². The van der Waals surface area contributed by atoms with Gasteiger partial charge in [-0.2, -0.15) is 5.10 Å². The Morgan fingerprint density at radius 1 is 1.38 bits per heavy atom. The molecule has 1 aliphatic rings. The number of aryl methyl sites for hydroxylation is 1. The van der Waals surface area contributed by atoms with E-state index in [1.165, 1.54) is 6.42 Å². The molecule has 5 heteroatoms. The monoisotopic (exact) mass is 286 g/mol. The second kappa shape index (κ2) is 5.48. The summed E-state index contributed by atoms with van der Waals surface area (Å²) in [6.07, 6.45) is 6.63. The second-order valence-corrected chi connectivity index (χ2v) is 5.90. The highest BCUT2D eigenvalue weighted by Gasteiger charge is 2.35. The molecular formula is C16H22N4O.